The summed E-state index contributed by atoms with van der Waals surface area (Å²) in [6.07, 6.45) is 1.62. The summed E-state index contributed by atoms with van der Waals surface area (Å²) >= 11 is 0. The van der Waals surface area contributed by atoms with Gasteiger partial charge in [-0.2, -0.15) is 5.10 Å². The molecule has 0 bridgehead atoms. The molecule has 0 aliphatic heterocycles. The van der Waals surface area contributed by atoms with E-state index in [1.807, 2.05) is 19.1 Å². The lowest BCUT2D eigenvalue weighted by atomic mass is 10.1. The van der Waals surface area contributed by atoms with Crippen LogP contribution in [0.4, 0.5) is 10.2 Å². The largest absolute Gasteiger partial charge is 0.384 e. The smallest absolute Gasteiger partial charge is 0.126 e. The second kappa shape index (κ2) is 3.58. The minimum Gasteiger partial charge on any atom is -0.384 e. The van der Waals surface area contributed by atoms with Crippen LogP contribution in [0.2, 0.25) is 0 Å². The van der Waals surface area contributed by atoms with Gasteiger partial charge in [0, 0.05) is 6.07 Å². The summed E-state index contributed by atoms with van der Waals surface area (Å²) < 4.78 is 15.4. The molecule has 0 saturated carbocycles. The fourth-order valence-corrected chi connectivity index (χ4v) is 2.63. The fourth-order valence-electron chi connectivity index (χ4n) is 2.63. The van der Waals surface area contributed by atoms with Gasteiger partial charge in [-0.05, 0) is 37.0 Å². The normalized spacial score (nSPS) is 18.4. The number of fused-ring (bicyclic) bond motifs is 1. The highest BCUT2D eigenvalue weighted by atomic mass is 19.1. The summed E-state index contributed by atoms with van der Waals surface area (Å²) in [4.78, 5) is 0. The van der Waals surface area contributed by atoms with E-state index in [0.29, 0.717) is 5.82 Å². The number of nitrogen functional groups attached to an aromatic ring is 1. The number of nitrogens with two attached hydrogens (primary N) is 1. The van der Waals surface area contributed by atoms with Gasteiger partial charge >= 0.3 is 0 Å². The molecule has 1 aromatic heterocycles. The van der Waals surface area contributed by atoms with Gasteiger partial charge in [0.15, 0.2) is 0 Å². The molecule has 88 valence electrons. The van der Waals surface area contributed by atoms with E-state index in [4.69, 9.17) is 5.73 Å². The van der Waals surface area contributed by atoms with Gasteiger partial charge in [-0.25, -0.2) is 9.07 Å². The summed E-state index contributed by atoms with van der Waals surface area (Å²) in [5.74, 6) is 0.525. The molecule has 1 aromatic carbocycles. The van der Waals surface area contributed by atoms with Crippen LogP contribution in [0.5, 0.6) is 0 Å². The number of anilines is 1. The number of benzene rings is 1. The van der Waals surface area contributed by atoms with Crippen LogP contribution in [-0.2, 0) is 6.42 Å². The Morgan fingerprint density at radius 1 is 1.47 bits per heavy atom. The molecule has 0 amide bonds. The van der Waals surface area contributed by atoms with E-state index in [9.17, 15) is 4.39 Å². The van der Waals surface area contributed by atoms with Crippen molar-refractivity contribution in [3.8, 4) is 0 Å². The lowest BCUT2D eigenvalue weighted by molar-refractivity contribution is 0.524. The molecule has 0 fully saturated rings. The highest BCUT2D eigenvalue weighted by molar-refractivity contribution is 5.40. The van der Waals surface area contributed by atoms with Gasteiger partial charge in [-0.1, -0.05) is 12.1 Å². The van der Waals surface area contributed by atoms with Crippen LogP contribution in [0.1, 0.15) is 29.3 Å². The SMILES string of the molecule is Cc1cc(N)n(C2CCc3c(F)cccc32)n1. The van der Waals surface area contributed by atoms with E-state index in [1.165, 1.54) is 6.07 Å². The summed E-state index contributed by atoms with van der Waals surface area (Å²) in [5, 5.41) is 4.39. The zero-order valence-corrected chi connectivity index (χ0v) is 9.65. The van der Waals surface area contributed by atoms with E-state index < -0.39 is 0 Å². The van der Waals surface area contributed by atoms with Gasteiger partial charge in [0.05, 0.1) is 11.7 Å². The molecular formula is C13H14FN3. The molecule has 3 rings (SSSR count). The van der Waals surface area contributed by atoms with Crippen LogP contribution in [-0.4, -0.2) is 9.78 Å². The molecule has 1 aliphatic carbocycles. The van der Waals surface area contributed by atoms with Crippen LogP contribution in [0.25, 0.3) is 0 Å². The Hall–Kier alpha value is -1.84. The predicted octanol–water partition coefficient (Wildman–Crippen LogP) is 2.45. The number of nitrogens with zero attached hydrogens (tertiary/aromatic N) is 2. The van der Waals surface area contributed by atoms with E-state index >= 15 is 0 Å². The fraction of sp³-hybridized carbons (Fsp3) is 0.308. The Balaban J connectivity index is 2.10. The summed E-state index contributed by atoms with van der Waals surface area (Å²) in [5.41, 5.74) is 8.64. The van der Waals surface area contributed by atoms with E-state index in [2.05, 4.69) is 5.10 Å². The monoisotopic (exact) mass is 231 g/mol. The highest BCUT2D eigenvalue weighted by Gasteiger charge is 2.27. The Morgan fingerprint density at radius 3 is 3.00 bits per heavy atom. The summed E-state index contributed by atoms with van der Waals surface area (Å²) in [6.45, 7) is 1.91. The summed E-state index contributed by atoms with van der Waals surface area (Å²) in [7, 11) is 0. The Bertz CT molecular complexity index is 574. The van der Waals surface area contributed by atoms with E-state index in [0.717, 1.165) is 29.7 Å². The number of hydrogen-bond acceptors (Lipinski definition) is 2. The third kappa shape index (κ3) is 1.52. The van der Waals surface area contributed by atoms with Crippen molar-refractivity contribution < 1.29 is 4.39 Å². The maximum atomic E-state index is 13.6. The Morgan fingerprint density at radius 2 is 2.29 bits per heavy atom. The predicted molar refractivity (Wildman–Crippen MR) is 64.2 cm³/mol. The molecule has 0 spiro atoms. The number of aromatic nitrogens is 2. The second-order valence-corrected chi connectivity index (χ2v) is 4.52. The number of rotatable bonds is 1. The van der Waals surface area contributed by atoms with Crippen molar-refractivity contribution in [3.63, 3.8) is 0 Å². The quantitative estimate of drug-likeness (QED) is 0.819. The van der Waals surface area contributed by atoms with Crippen LogP contribution < -0.4 is 5.73 Å². The van der Waals surface area contributed by atoms with Gasteiger partial charge in [-0.15, -0.1) is 0 Å². The van der Waals surface area contributed by atoms with Crippen LogP contribution in [0, 0.1) is 12.7 Å². The van der Waals surface area contributed by atoms with Gasteiger partial charge in [0.1, 0.15) is 11.6 Å². The maximum Gasteiger partial charge on any atom is 0.126 e. The molecule has 17 heavy (non-hydrogen) atoms. The lowest BCUT2D eigenvalue weighted by Crippen LogP contribution is -2.12. The molecule has 1 heterocycles. The molecule has 2 N–H and O–H groups in total. The number of hydrogen-bond donors (Lipinski definition) is 1. The molecular weight excluding hydrogens is 217 g/mol. The van der Waals surface area contributed by atoms with Gasteiger partial charge in [0.25, 0.3) is 0 Å². The van der Waals surface area contributed by atoms with Crippen molar-refractivity contribution in [1.82, 2.24) is 9.78 Å². The average molecular weight is 231 g/mol. The molecule has 1 aliphatic rings. The van der Waals surface area contributed by atoms with Gasteiger partial charge < -0.3 is 5.73 Å². The standard InChI is InChI=1S/C13H14FN3/c1-8-7-13(15)17(16-8)12-6-5-9-10(12)3-2-4-11(9)14/h2-4,7,12H,5-6,15H2,1H3. The molecule has 0 radical (unpaired) electrons. The highest BCUT2D eigenvalue weighted by Crippen LogP contribution is 2.36. The first-order chi connectivity index (χ1) is 8.16. The first-order valence-electron chi connectivity index (χ1n) is 5.75. The van der Waals surface area contributed by atoms with Crippen molar-refractivity contribution >= 4 is 5.82 Å². The first-order valence-corrected chi connectivity index (χ1v) is 5.75. The van der Waals surface area contributed by atoms with Crippen LogP contribution >= 0.6 is 0 Å². The first kappa shape index (κ1) is 10.3. The second-order valence-electron chi connectivity index (χ2n) is 4.52. The zero-order valence-electron chi connectivity index (χ0n) is 9.65. The average Bonchev–Trinajstić information content (AvgIpc) is 2.83. The minimum atomic E-state index is -0.118. The van der Waals surface area contributed by atoms with E-state index in [1.54, 1.807) is 10.7 Å². The maximum absolute atomic E-state index is 13.6. The van der Waals surface area contributed by atoms with Gasteiger partial charge in [0.2, 0.25) is 0 Å². The Labute approximate surface area is 99.1 Å². The minimum absolute atomic E-state index is 0.0781. The molecule has 2 aromatic rings. The third-order valence-electron chi connectivity index (χ3n) is 3.36. The lowest BCUT2D eigenvalue weighted by Gasteiger charge is -2.14. The van der Waals surface area contributed by atoms with E-state index in [-0.39, 0.29) is 11.9 Å². The van der Waals surface area contributed by atoms with Crippen molar-refractivity contribution in [1.29, 1.82) is 0 Å². The van der Waals surface area contributed by atoms with Gasteiger partial charge in [-0.3, -0.25) is 0 Å². The zero-order chi connectivity index (χ0) is 12.0. The Kier molecular flexibility index (Phi) is 2.18. The van der Waals surface area contributed by atoms with Crippen LogP contribution in [0.3, 0.4) is 0 Å². The topological polar surface area (TPSA) is 43.8 Å². The molecule has 1 atom stereocenters. The number of halogens is 1. The molecule has 1 unspecified atom stereocenters. The van der Waals surface area contributed by atoms with Crippen molar-refractivity contribution in [2.45, 2.75) is 25.8 Å². The van der Waals surface area contributed by atoms with Crippen LogP contribution in [0.15, 0.2) is 24.3 Å². The third-order valence-corrected chi connectivity index (χ3v) is 3.36. The van der Waals surface area contributed by atoms with Crippen molar-refractivity contribution in [3.05, 3.63) is 46.9 Å². The van der Waals surface area contributed by atoms with Crippen molar-refractivity contribution in [2.24, 2.45) is 0 Å². The summed E-state index contributed by atoms with van der Waals surface area (Å²) in [6, 6.07) is 7.15. The molecule has 4 heteroatoms. The van der Waals surface area contributed by atoms with Crippen molar-refractivity contribution in [2.75, 3.05) is 5.73 Å². The molecule has 3 nitrogen and oxygen atoms in total. The molecule has 0 saturated heterocycles. The number of aryl methyl sites for hydroxylation is 1.